The second-order valence-corrected chi connectivity index (χ2v) is 9.16. The first kappa shape index (κ1) is 20.4. The molecule has 4 rings (SSSR count). The quantitative estimate of drug-likeness (QED) is 0.784. The third-order valence-corrected chi connectivity index (χ3v) is 6.04. The Morgan fingerprint density at radius 2 is 1.83 bits per heavy atom. The highest BCUT2D eigenvalue weighted by Crippen LogP contribution is 2.48. The zero-order chi connectivity index (χ0) is 21.6. The number of anilines is 1. The Kier molecular flexibility index (Phi) is 5.02. The van der Waals surface area contributed by atoms with E-state index in [-0.39, 0.29) is 35.0 Å². The van der Waals surface area contributed by atoms with Crippen LogP contribution in [0.25, 0.3) is 0 Å². The lowest BCUT2D eigenvalue weighted by Crippen LogP contribution is -2.44. The lowest BCUT2D eigenvalue weighted by molar-refractivity contribution is -0.121. The zero-order valence-electron chi connectivity index (χ0n) is 16.9. The van der Waals surface area contributed by atoms with E-state index in [1.54, 1.807) is 30.3 Å². The third-order valence-electron chi connectivity index (χ3n) is 5.80. The van der Waals surface area contributed by atoms with Crippen molar-refractivity contribution in [2.24, 2.45) is 11.1 Å². The topological polar surface area (TPSA) is 80.5 Å². The van der Waals surface area contributed by atoms with Crippen LogP contribution in [0.3, 0.4) is 0 Å². The van der Waals surface area contributed by atoms with Crippen molar-refractivity contribution in [1.82, 2.24) is 0 Å². The standard InChI is InChI=1S/C24H23ClN2O3/c1-24(2)12-19-22(20(28)13-24)17(14-6-5-7-15(25)10-14)11-21(29)27(19)18-9-4-3-8-16(18)23(26)30/h3-10,17H,11-13H2,1-2H3,(H2,26,30). The summed E-state index contributed by atoms with van der Waals surface area (Å²) in [5, 5.41) is 0.562. The van der Waals surface area contributed by atoms with Gasteiger partial charge in [-0.1, -0.05) is 49.7 Å². The lowest BCUT2D eigenvalue weighted by Gasteiger charge is -2.43. The SMILES string of the molecule is CC1(C)CC(=O)C2=C(C1)N(c1ccccc1C(N)=O)C(=O)CC2c1cccc(Cl)c1. The van der Waals surface area contributed by atoms with Crippen LogP contribution in [0.4, 0.5) is 5.69 Å². The number of allylic oxidation sites excluding steroid dienone is 2. The van der Waals surface area contributed by atoms with Crippen molar-refractivity contribution in [3.63, 3.8) is 0 Å². The number of rotatable bonds is 3. The van der Waals surface area contributed by atoms with Gasteiger partial charge in [0.1, 0.15) is 0 Å². The molecule has 1 unspecified atom stereocenters. The molecule has 1 heterocycles. The number of hydrogen-bond donors (Lipinski definition) is 1. The van der Waals surface area contributed by atoms with Crippen LogP contribution in [0.2, 0.25) is 5.02 Å². The molecule has 1 atom stereocenters. The van der Waals surface area contributed by atoms with Crippen molar-refractivity contribution < 1.29 is 14.4 Å². The van der Waals surface area contributed by atoms with Crippen LogP contribution >= 0.6 is 11.6 Å². The van der Waals surface area contributed by atoms with Gasteiger partial charge in [-0.3, -0.25) is 19.3 Å². The van der Waals surface area contributed by atoms with Crippen LogP contribution in [0.1, 0.15) is 54.9 Å². The number of halogens is 1. The normalized spacial score (nSPS) is 20.9. The number of Topliss-reactive ketones (excluding diaryl/α,β-unsaturated/α-hetero) is 1. The Bertz CT molecular complexity index is 1100. The van der Waals surface area contributed by atoms with E-state index in [0.717, 1.165) is 5.56 Å². The molecule has 0 radical (unpaired) electrons. The molecule has 0 saturated carbocycles. The maximum atomic E-state index is 13.4. The second kappa shape index (κ2) is 7.40. The minimum Gasteiger partial charge on any atom is -0.366 e. The van der Waals surface area contributed by atoms with Crippen molar-refractivity contribution in [3.8, 4) is 0 Å². The average molecular weight is 423 g/mol. The second-order valence-electron chi connectivity index (χ2n) is 8.72. The highest BCUT2D eigenvalue weighted by atomic mass is 35.5. The van der Waals surface area contributed by atoms with E-state index in [1.807, 2.05) is 32.0 Å². The summed E-state index contributed by atoms with van der Waals surface area (Å²) in [5.74, 6) is -1.11. The van der Waals surface area contributed by atoms with Gasteiger partial charge >= 0.3 is 0 Å². The Morgan fingerprint density at radius 3 is 2.53 bits per heavy atom. The van der Waals surface area contributed by atoms with E-state index in [2.05, 4.69) is 0 Å². The summed E-state index contributed by atoms with van der Waals surface area (Å²) < 4.78 is 0. The molecule has 0 saturated heterocycles. The number of amides is 2. The maximum Gasteiger partial charge on any atom is 0.250 e. The summed E-state index contributed by atoms with van der Waals surface area (Å²) in [7, 11) is 0. The summed E-state index contributed by atoms with van der Waals surface area (Å²) in [6.45, 7) is 4.03. The van der Waals surface area contributed by atoms with Crippen LogP contribution in [0.5, 0.6) is 0 Å². The summed E-state index contributed by atoms with van der Waals surface area (Å²) in [6, 6.07) is 14.1. The van der Waals surface area contributed by atoms with E-state index in [9.17, 15) is 14.4 Å². The van der Waals surface area contributed by atoms with Gasteiger partial charge in [0, 0.05) is 35.1 Å². The van der Waals surface area contributed by atoms with Crippen molar-refractivity contribution in [3.05, 3.63) is 76.0 Å². The van der Waals surface area contributed by atoms with Gasteiger partial charge in [-0.2, -0.15) is 0 Å². The van der Waals surface area contributed by atoms with Gasteiger partial charge in [0.05, 0.1) is 11.3 Å². The van der Waals surface area contributed by atoms with Crippen LogP contribution in [0.15, 0.2) is 59.8 Å². The molecule has 0 spiro atoms. The van der Waals surface area contributed by atoms with Gasteiger partial charge < -0.3 is 5.73 Å². The first-order chi connectivity index (χ1) is 14.2. The Morgan fingerprint density at radius 1 is 1.10 bits per heavy atom. The van der Waals surface area contributed by atoms with Crippen molar-refractivity contribution in [2.75, 3.05) is 4.90 Å². The van der Waals surface area contributed by atoms with Gasteiger partial charge in [-0.05, 0) is 41.7 Å². The van der Waals surface area contributed by atoms with Crippen molar-refractivity contribution in [2.45, 2.75) is 39.0 Å². The third kappa shape index (κ3) is 3.54. The first-order valence-corrected chi connectivity index (χ1v) is 10.3. The molecule has 5 nitrogen and oxygen atoms in total. The Hall–Kier alpha value is -2.92. The lowest BCUT2D eigenvalue weighted by atomic mass is 9.69. The molecule has 1 aliphatic heterocycles. The van der Waals surface area contributed by atoms with E-state index in [4.69, 9.17) is 17.3 Å². The van der Waals surface area contributed by atoms with E-state index in [1.165, 1.54) is 4.90 Å². The zero-order valence-corrected chi connectivity index (χ0v) is 17.7. The van der Waals surface area contributed by atoms with Gasteiger partial charge in [0.2, 0.25) is 5.91 Å². The predicted octanol–water partition coefficient (Wildman–Crippen LogP) is 4.60. The molecule has 2 aromatic carbocycles. The molecule has 30 heavy (non-hydrogen) atoms. The number of benzene rings is 2. The number of carbonyl (C=O) groups excluding carboxylic acids is 3. The molecule has 0 bridgehead atoms. The Labute approximate surface area is 180 Å². The first-order valence-electron chi connectivity index (χ1n) is 9.91. The molecular formula is C24H23ClN2O3. The fraction of sp³-hybridized carbons (Fsp3) is 0.292. The summed E-state index contributed by atoms with van der Waals surface area (Å²) in [5.41, 5.74) is 8.10. The molecule has 1 aliphatic carbocycles. The average Bonchev–Trinajstić information content (AvgIpc) is 2.66. The molecular weight excluding hydrogens is 400 g/mol. The summed E-state index contributed by atoms with van der Waals surface area (Å²) in [6.07, 6.45) is 1.07. The molecule has 154 valence electrons. The predicted molar refractivity (Wildman–Crippen MR) is 116 cm³/mol. The molecule has 6 heteroatoms. The highest BCUT2D eigenvalue weighted by molar-refractivity contribution is 6.30. The number of para-hydroxylation sites is 1. The number of hydrogen-bond acceptors (Lipinski definition) is 3. The van der Waals surface area contributed by atoms with Crippen LogP contribution in [-0.4, -0.2) is 17.6 Å². The van der Waals surface area contributed by atoms with Crippen molar-refractivity contribution in [1.29, 1.82) is 0 Å². The van der Waals surface area contributed by atoms with Gasteiger partial charge in [0.25, 0.3) is 5.91 Å². The van der Waals surface area contributed by atoms with E-state index >= 15 is 0 Å². The maximum absolute atomic E-state index is 13.4. The molecule has 2 amide bonds. The fourth-order valence-corrected chi connectivity index (χ4v) is 4.78. The summed E-state index contributed by atoms with van der Waals surface area (Å²) in [4.78, 5) is 40.3. The largest absolute Gasteiger partial charge is 0.366 e. The Balaban J connectivity index is 1.95. The van der Waals surface area contributed by atoms with Crippen LogP contribution < -0.4 is 10.6 Å². The minimum atomic E-state index is -0.612. The minimum absolute atomic E-state index is 0.0280. The van der Waals surface area contributed by atoms with E-state index < -0.39 is 5.91 Å². The highest BCUT2D eigenvalue weighted by Gasteiger charge is 2.44. The molecule has 0 fully saturated rings. The fourth-order valence-electron chi connectivity index (χ4n) is 4.58. The van der Waals surface area contributed by atoms with Gasteiger partial charge in [-0.15, -0.1) is 0 Å². The number of carbonyl (C=O) groups is 3. The van der Waals surface area contributed by atoms with Gasteiger partial charge in [0.15, 0.2) is 5.78 Å². The molecule has 2 aromatic rings. The number of nitrogens with two attached hydrogens (primary N) is 1. The number of primary amides is 1. The monoisotopic (exact) mass is 422 g/mol. The molecule has 2 N–H and O–H groups in total. The van der Waals surface area contributed by atoms with Crippen LogP contribution in [0, 0.1) is 5.41 Å². The summed E-state index contributed by atoms with van der Waals surface area (Å²) >= 11 is 6.19. The number of nitrogens with zero attached hydrogens (tertiary/aromatic N) is 1. The smallest absolute Gasteiger partial charge is 0.250 e. The number of ketones is 1. The molecule has 0 aromatic heterocycles. The van der Waals surface area contributed by atoms with Crippen LogP contribution in [-0.2, 0) is 9.59 Å². The van der Waals surface area contributed by atoms with Crippen molar-refractivity contribution >= 4 is 34.9 Å². The molecule has 2 aliphatic rings. The van der Waals surface area contributed by atoms with E-state index in [0.29, 0.717) is 34.8 Å². The van der Waals surface area contributed by atoms with Gasteiger partial charge in [-0.25, -0.2) is 0 Å².